The number of rotatable bonds is 4. The van der Waals surface area contributed by atoms with Gasteiger partial charge in [-0.1, -0.05) is 31.2 Å². The van der Waals surface area contributed by atoms with E-state index in [9.17, 15) is 9.59 Å². The number of benzene rings is 1. The SMILES string of the molecule is CCc1ccc(C(C)NC(=O)c2n[nH]c3c2CN(C(=O)OC(C)(C)C)CC3)cc1. The minimum absolute atomic E-state index is 0.147. The van der Waals surface area contributed by atoms with E-state index in [-0.39, 0.29) is 18.0 Å². The van der Waals surface area contributed by atoms with Gasteiger partial charge >= 0.3 is 6.09 Å². The van der Waals surface area contributed by atoms with Gasteiger partial charge in [-0.15, -0.1) is 0 Å². The van der Waals surface area contributed by atoms with Crippen LogP contribution in [-0.4, -0.2) is 39.2 Å². The van der Waals surface area contributed by atoms with Gasteiger partial charge in [0.25, 0.3) is 5.91 Å². The first-order valence-electron chi connectivity index (χ1n) is 10.1. The fourth-order valence-corrected chi connectivity index (χ4v) is 3.36. The van der Waals surface area contributed by atoms with E-state index in [0.29, 0.717) is 25.2 Å². The van der Waals surface area contributed by atoms with Crippen LogP contribution in [-0.2, 0) is 24.1 Å². The molecule has 0 aliphatic carbocycles. The highest BCUT2D eigenvalue weighted by Crippen LogP contribution is 2.23. The highest BCUT2D eigenvalue weighted by molar-refractivity contribution is 5.94. The Morgan fingerprint density at radius 1 is 1.28 bits per heavy atom. The molecule has 1 unspecified atom stereocenters. The second-order valence-corrected chi connectivity index (χ2v) is 8.47. The normalized spacial score (nSPS) is 14.9. The zero-order valence-corrected chi connectivity index (χ0v) is 17.8. The largest absolute Gasteiger partial charge is 0.444 e. The third-order valence-electron chi connectivity index (χ3n) is 5.04. The second-order valence-electron chi connectivity index (χ2n) is 8.47. The molecular weight excluding hydrogens is 368 g/mol. The smallest absolute Gasteiger partial charge is 0.410 e. The summed E-state index contributed by atoms with van der Waals surface area (Å²) in [4.78, 5) is 26.9. The Hall–Kier alpha value is -2.83. The van der Waals surface area contributed by atoms with E-state index >= 15 is 0 Å². The van der Waals surface area contributed by atoms with Gasteiger partial charge in [-0.05, 0) is 45.2 Å². The van der Waals surface area contributed by atoms with E-state index in [4.69, 9.17) is 4.74 Å². The second kappa shape index (κ2) is 8.27. The molecule has 3 rings (SSSR count). The van der Waals surface area contributed by atoms with E-state index in [2.05, 4.69) is 34.6 Å². The van der Waals surface area contributed by atoms with Gasteiger partial charge in [0, 0.05) is 24.2 Å². The summed E-state index contributed by atoms with van der Waals surface area (Å²) in [6, 6.07) is 8.08. The number of aromatic amines is 1. The Morgan fingerprint density at radius 2 is 1.97 bits per heavy atom. The molecule has 1 atom stereocenters. The number of ether oxygens (including phenoxy) is 1. The summed E-state index contributed by atoms with van der Waals surface area (Å²) < 4.78 is 5.47. The molecule has 1 aromatic heterocycles. The van der Waals surface area contributed by atoms with Crippen molar-refractivity contribution in [3.63, 3.8) is 0 Å². The average molecular weight is 399 g/mol. The number of amides is 2. The quantitative estimate of drug-likeness (QED) is 0.821. The first-order valence-corrected chi connectivity index (χ1v) is 10.1. The number of H-pyrrole nitrogens is 1. The minimum atomic E-state index is -0.559. The maximum atomic E-state index is 12.9. The lowest BCUT2D eigenvalue weighted by Gasteiger charge is -2.30. The maximum Gasteiger partial charge on any atom is 0.410 e. The molecule has 2 N–H and O–H groups in total. The van der Waals surface area contributed by atoms with Gasteiger partial charge in [0.1, 0.15) is 5.60 Å². The van der Waals surface area contributed by atoms with Gasteiger partial charge in [-0.3, -0.25) is 9.89 Å². The van der Waals surface area contributed by atoms with Crippen molar-refractivity contribution in [2.24, 2.45) is 0 Å². The van der Waals surface area contributed by atoms with Crippen LogP contribution in [0.25, 0.3) is 0 Å². The van der Waals surface area contributed by atoms with Crippen molar-refractivity contribution in [2.75, 3.05) is 6.54 Å². The molecule has 1 aromatic carbocycles. The lowest BCUT2D eigenvalue weighted by molar-refractivity contribution is 0.0222. The number of aromatic nitrogens is 2. The fourth-order valence-electron chi connectivity index (χ4n) is 3.36. The van der Waals surface area contributed by atoms with Crippen LogP contribution >= 0.6 is 0 Å². The van der Waals surface area contributed by atoms with Crippen molar-refractivity contribution < 1.29 is 14.3 Å². The Morgan fingerprint density at radius 3 is 2.59 bits per heavy atom. The maximum absolute atomic E-state index is 12.9. The van der Waals surface area contributed by atoms with Crippen molar-refractivity contribution >= 4 is 12.0 Å². The predicted octanol–water partition coefficient (Wildman–Crippen LogP) is 3.76. The minimum Gasteiger partial charge on any atom is -0.444 e. The van der Waals surface area contributed by atoms with Crippen molar-refractivity contribution in [2.45, 2.75) is 65.6 Å². The van der Waals surface area contributed by atoms with Gasteiger partial charge in [0.05, 0.1) is 12.6 Å². The molecule has 0 fully saturated rings. The topological polar surface area (TPSA) is 87.3 Å². The van der Waals surface area contributed by atoms with E-state index in [1.807, 2.05) is 39.8 Å². The Bertz CT molecular complexity index is 880. The fraction of sp³-hybridized carbons (Fsp3) is 0.500. The van der Waals surface area contributed by atoms with Crippen LogP contribution in [0, 0.1) is 0 Å². The molecule has 2 aromatic rings. The van der Waals surface area contributed by atoms with Crippen LogP contribution < -0.4 is 5.32 Å². The molecule has 0 saturated heterocycles. The van der Waals surface area contributed by atoms with Crippen LogP contribution in [0.5, 0.6) is 0 Å². The number of nitrogens with zero attached hydrogens (tertiary/aromatic N) is 2. The summed E-state index contributed by atoms with van der Waals surface area (Å²) >= 11 is 0. The molecular formula is C22H30N4O3. The first kappa shape index (κ1) is 20.9. The van der Waals surface area contributed by atoms with Gasteiger partial charge in [-0.2, -0.15) is 5.10 Å². The highest BCUT2D eigenvalue weighted by Gasteiger charge is 2.30. The Labute approximate surface area is 171 Å². The summed E-state index contributed by atoms with van der Waals surface area (Å²) in [6.07, 6.45) is 1.22. The monoisotopic (exact) mass is 398 g/mol. The number of hydrogen-bond acceptors (Lipinski definition) is 4. The van der Waals surface area contributed by atoms with E-state index < -0.39 is 5.60 Å². The molecule has 29 heavy (non-hydrogen) atoms. The standard InChI is InChI=1S/C22H30N4O3/c1-6-15-7-9-16(10-8-15)14(2)23-20(27)19-17-13-26(12-11-18(17)24-25-19)21(28)29-22(3,4)5/h7-10,14H,6,11-13H2,1-5H3,(H,23,27)(H,24,25). The summed E-state index contributed by atoms with van der Waals surface area (Å²) in [5, 5.41) is 10.2. The lowest BCUT2D eigenvalue weighted by Crippen LogP contribution is -2.40. The van der Waals surface area contributed by atoms with Crippen LogP contribution in [0.1, 0.15) is 73.5 Å². The molecule has 2 heterocycles. The number of carbonyl (C=O) groups excluding carboxylic acids is 2. The van der Waals surface area contributed by atoms with Crippen LogP contribution in [0.15, 0.2) is 24.3 Å². The Kier molecular flexibility index (Phi) is 5.96. The molecule has 156 valence electrons. The third kappa shape index (κ3) is 4.96. The van der Waals surface area contributed by atoms with Crippen LogP contribution in [0.3, 0.4) is 0 Å². The van der Waals surface area contributed by atoms with Crippen LogP contribution in [0.2, 0.25) is 0 Å². The van der Waals surface area contributed by atoms with Gasteiger partial charge < -0.3 is 15.0 Å². The van der Waals surface area contributed by atoms with Gasteiger partial charge in [-0.25, -0.2) is 4.79 Å². The third-order valence-corrected chi connectivity index (χ3v) is 5.04. The number of nitrogens with one attached hydrogen (secondary N) is 2. The first-order chi connectivity index (χ1) is 13.7. The van der Waals surface area contributed by atoms with Crippen molar-refractivity contribution in [1.29, 1.82) is 0 Å². The van der Waals surface area contributed by atoms with Crippen molar-refractivity contribution in [1.82, 2.24) is 20.4 Å². The predicted molar refractivity (Wildman–Crippen MR) is 111 cm³/mol. The zero-order valence-electron chi connectivity index (χ0n) is 17.8. The number of aryl methyl sites for hydroxylation is 1. The summed E-state index contributed by atoms with van der Waals surface area (Å²) in [5.74, 6) is -0.249. The molecule has 0 radical (unpaired) electrons. The molecule has 0 saturated carbocycles. The van der Waals surface area contributed by atoms with Gasteiger partial charge in [0.2, 0.25) is 0 Å². The molecule has 0 bridgehead atoms. The number of hydrogen-bond donors (Lipinski definition) is 2. The average Bonchev–Trinajstić information content (AvgIpc) is 3.10. The zero-order chi connectivity index (χ0) is 21.2. The lowest BCUT2D eigenvalue weighted by atomic mass is 10.0. The molecule has 1 aliphatic rings. The van der Waals surface area contributed by atoms with Crippen molar-refractivity contribution in [3.8, 4) is 0 Å². The van der Waals surface area contributed by atoms with Gasteiger partial charge in [0.15, 0.2) is 5.69 Å². The molecule has 7 heteroatoms. The van der Waals surface area contributed by atoms with Crippen LogP contribution in [0.4, 0.5) is 4.79 Å². The molecule has 7 nitrogen and oxygen atoms in total. The van der Waals surface area contributed by atoms with E-state index in [1.165, 1.54) is 5.56 Å². The highest BCUT2D eigenvalue weighted by atomic mass is 16.6. The number of fused-ring (bicyclic) bond motifs is 1. The Balaban J connectivity index is 1.70. The molecule has 1 aliphatic heterocycles. The summed E-state index contributed by atoms with van der Waals surface area (Å²) in [6.45, 7) is 10.4. The number of carbonyl (C=O) groups is 2. The summed E-state index contributed by atoms with van der Waals surface area (Å²) in [7, 11) is 0. The molecule has 0 spiro atoms. The molecule has 2 amide bonds. The summed E-state index contributed by atoms with van der Waals surface area (Å²) in [5.41, 5.74) is 3.73. The van der Waals surface area contributed by atoms with E-state index in [0.717, 1.165) is 23.2 Å². The van der Waals surface area contributed by atoms with E-state index in [1.54, 1.807) is 4.90 Å². The van der Waals surface area contributed by atoms with Crippen molar-refractivity contribution in [3.05, 3.63) is 52.3 Å².